The van der Waals surface area contributed by atoms with Gasteiger partial charge in [0.25, 0.3) is 0 Å². The summed E-state index contributed by atoms with van der Waals surface area (Å²) in [6.45, 7) is 4.11. The molecule has 0 aromatic heterocycles. The molecule has 1 aliphatic rings. The minimum absolute atomic E-state index is 0.306. The van der Waals surface area contributed by atoms with Gasteiger partial charge in [0.1, 0.15) is 0 Å². The molecule has 2 N–H and O–H groups in total. The second-order valence-corrected chi connectivity index (χ2v) is 4.78. The molecule has 0 amide bonds. The zero-order valence-electron chi connectivity index (χ0n) is 8.63. The van der Waals surface area contributed by atoms with Crippen LogP contribution < -0.4 is 5.73 Å². The van der Waals surface area contributed by atoms with Crippen molar-refractivity contribution in [3.05, 3.63) is 34.3 Å². The molecule has 1 aromatic carbocycles. The van der Waals surface area contributed by atoms with Crippen molar-refractivity contribution >= 4 is 11.6 Å². The number of halogens is 1. The van der Waals surface area contributed by atoms with Gasteiger partial charge in [-0.3, -0.25) is 0 Å². The molecule has 2 heteroatoms. The highest BCUT2D eigenvalue weighted by Gasteiger charge is 2.40. The minimum Gasteiger partial charge on any atom is -0.328 e. The predicted octanol–water partition coefficient (Wildman–Crippen LogP) is 3.10. The molecular weight excluding hydrogens is 194 g/mol. The molecule has 2 rings (SSSR count). The summed E-state index contributed by atoms with van der Waals surface area (Å²) in [6.07, 6.45) is 1.22. The average Bonchev–Trinajstić information content (AvgIpc) is 2.89. The van der Waals surface area contributed by atoms with Crippen LogP contribution in [0.3, 0.4) is 0 Å². The van der Waals surface area contributed by atoms with Gasteiger partial charge in [-0.25, -0.2) is 0 Å². The molecule has 14 heavy (non-hydrogen) atoms. The molecule has 0 radical (unpaired) electrons. The summed E-state index contributed by atoms with van der Waals surface area (Å²) in [7, 11) is 0. The van der Waals surface area contributed by atoms with Crippen molar-refractivity contribution in [1.82, 2.24) is 0 Å². The second kappa shape index (κ2) is 3.56. The van der Waals surface area contributed by atoms with E-state index >= 15 is 0 Å². The van der Waals surface area contributed by atoms with E-state index in [1.807, 2.05) is 6.92 Å². The van der Waals surface area contributed by atoms with Gasteiger partial charge < -0.3 is 5.73 Å². The highest BCUT2D eigenvalue weighted by Crippen LogP contribution is 2.49. The van der Waals surface area contributed by atoms with Gasteiger partial charge >= 0.3 is 0 Å². The summed E-state index contributed by atoms with van der Waals surface area (Å²) < 4.78 is 0. The third-order valence-corrected chi connectivity index (χ3v) is 3.55. The van der Waals surface area contributed by atoms with Crippen LogP contribution in [0.5, 0.6) is 0 Å². The van der Waals surface area contributed by atoms with Crippen molar-refractivity contribution in [3.63, 3.8) is 0 Å². The standard InChI is InChI=1S/C12H16ClN/c1-7-3-4-9(5-12(7)13)11-6-10(11)8(2)14/h3-5,8,10-11H,6,14H2,1-2H3. The van der Waals surface area contributed by atoms with Gasteiger partial charge in [0.05, 0.1) is 0 Å². The molecular formula is C12H16ClN. The largest absolute Gasteiger partial charge is 0.328 e. The summed E-state index contributed by atoms with van der Waals surface area (Å²) in [5, 5.41) is 0.873. The molecule has 76 valence electrons. The van der Waals surface area contributed by atoms with Crippen LogP contribution >= 0.6 is 11.6 Å². The van der Waals surface area contributed by atoms with E-state index in [0.717, 1.165) is 10.6 Å². The third kappa shape index (κ3) is 1.79. The van der Waals surface area contributed by atoms with Gasteiger partial charge in [-0.2, -0.15) is 0 Å². The Bertz CT molecular complexity index is 346. The zero-order chi connectivity index (χ0) is 10.3. The highest BCUT2D eigenvalue weighted by molar-refractivity contribution is 6.31. The maximum absolute atomic E-state index is 6.08. The fourth-order valence-electron chi connectivity index (χ4n) is 2.02. The lowest BCUT2D eigenvalue weighted by molar-refractivity contribution is 0.631. The number of benzene rings is 1. The first-order valence-corrected chi connectivity index (χ1v) is 5.49. The van der Waals surface area contributed by atoms with Crippen molar-refractivity contribution in [2.24, 2.45) is 11.7 Å². The molecule has 0 aliphatic heterocycles. The van der Waals surface area contributed by atoms with E-state index in [0.29, 0.717) is 17.9 Å². The monoisotopic (exact) mass is 209 g/mol. The lowest BCUT2D eigenvalue weighted by atomic mass is 10.1. The zero-order valence-corrected chi connectivity index (χ0v) is 9.38. The van der Waals surface area contributed by atoms with Crippen molar-refractivity contribution in [2.45, 2.75) is 32.2 Å². The number of aryl methyl sites for hydroxylation is 1. The molecule has 0 spiro atoms. The Balaban J connectivity index is 2.16. The summed E-state index contributed by atoms with van der Waals surface area (Å²) in [6, 6.07) is 6.66. The topological polar surface area (TPSA) is 26.0 Å². The minimum atomic E-state index is 0.306. The van der Waals surface area contributed by atoms with Crippen molar-refractivity contribution < 1.29 is 0 Å². The second-order valence-electron chi connectivity index (χ2n) is 4.37. The van der Waals surface area contributed by atoms with Crippen LogP contribution in [-0.4, -0.2) is 6.04 Å². The number of nitrogens with two attached hydrogens (primary N) is 1. The molecule has 1 aromatic rings. The predicted molar refractivity (Wildman–Crippen MR) is 60.7 cm³/mol. The van der Waals surface area contributed by atoms with Gasteiger partial charge in [-0.15, -0.1) is 0 Å². The van der Waals surface area contributed by atoms with Crippen LogP contribution in [0.2, 0.25) is 5.02 Å². The SMILES string of the molecule is Cc1ccc(C2CC2C(C)N)cc1Cl. The molecule has 3 unspecified atom stereocenters. The van der Waals surface area contributed by atoms with E-state index in [4.69, 9.17) is 17.3 Å². The van der Waals surface area contributed by atoms with Gasteiger partial charge in [0.15, 0.2) is 0 Å². The molecule has 1 fully saturated rings. The summed E-state index contributed by atoms with van der Waals surface area (Å²) in [5.41, 5.74) is 8.36. The first-order valence-electron chi connectivity index (χ1n) is 5.11. The smallest absolute Gasteiger partial charge is 0.0438 e. The average molecular weight is 210 g/mol. The Labute approximate surface area is 90.3 Å². The maximum Gasteiger partial charge on any atom is 0.0438 e. The van der Waals surface area contributed by atoms with Crippen LogP contribution in [0.15, 0.2) is 18.2 Å². The first kappa shape index (κ1) is 10.0. The van der Waals surface area contributed by atoms with Crippen LogP contribution in [0.1, 0.15) is 30.4 Å². The fourth-order valence-corrected chi connectivity index (χ4v) is 2.21. The van der Waals surface area contributed by atoms with Gasteiger partial charge in [0.2, 0.25) is 0 Å². The lowest BCUT2D eigenvalue weighted by Crippen LogP contribution is -2.17. The summed E-state index contributed by atoms with van der Waals surface area (Å²) in [4.78, 5) is 0. The molecule has 0 saturated heterocycles. The Hall–Kier alpha value is -0.530. The van der Waals surface area contributed by atoms with Gasteiger partial charge in [-0.05, 0) is 49.3 Å². The van der Waals surface area contributed by atoms with E-state index in [2.05, 4.69) is 25.1 Å². The van der Waals surface area contributed by atoms with E-state index in [1.54, 1.807) is 0 Å². The molecule has 1 aliphatic carbocycles. The number of hydrogen-bond acceptors (Lipinski definition) is 1. The van der Waals surface area contributed by atoms with Crippen molar-refractivity contribution in [2.75, 3.05) is 0 Å². The van der Waals surface area contributed by atoms with Crippen LogP contribution in [0.4, 0.5) is 0 Å². The Morgan fingerprint density at radius 2 is 2.21 bits per heavy atom. The first-order chi connectivity index (χ1) is 6.59. The summed E-state index contributed by atoms with van der Waals surface area (Å²) in [5.74, 6) is 1.31. The number of hydrogen-bond donors (Lipinski definition) is 1. The third-order valence-electron chi connectivity index (χ3n) is 3.14. The molecule has 1 saturated carbocycles. The lowest BCUT2D eigenvalue weighted by Gasteiger charge is -2.05. The fraction of sp³-hybridized carbons (Fsp3) is 0.500. The molecule has 0 heterocycles. The van der Waals surface area contributed by atoms with Gasteiger partial charge in [0, 0.05) is 11.1 Å². The molecule has 1 nitrogen and oxygen atoms in total. The van der Waals surface area contributed by atoms with Crippen molar-refractivity contribution in [1.29, 1.82) is 0 Å². The normalized spacial score (nSPS) is 27.4. The van der Waals surface area contributed by atoms with E-state index in [-0.39, 0.29) is 0 Å². The van der Waals surface area contributed by atoms with E-state index < -0.39 is 0 Å². The number of rotatable bonds is 2. The Kier molecular flexibility index (Phi) is 2.54. The van der Waals surface area contributed by atoms with E-state index in [1.165, 1.54) is 12.0 Å². The quantitative estimate of drug-likeness (QED) is 0.796. The molecule has 3 atom stereocenters. The maximum atomic E-state index is 6.08. The Morgan fingerprint density at radius 1 is 1.50 bits per heavy atom. The summed E-state index contributed by atoms with van der Waals surface area (Å²) >= 11 is 6.08. The Morgan fingerprint density at radius 3 is 2.71 bits per heavy atom. The highest BCUT2D eigenvalue weighted by atomic mass is 35.5. The van der Waals surface area contributed by atoms with Gasteiger partial charge in [-0.1, -0.05) is 23.7 Å². The van der Waals surface area contributed by atoms with Crippen LogP contribution in [0.25, 0.3) is 0 Å². The van der Waals surface area contributed by atoms with E-state index in [9.17, 15) is 0 Å². The van der Waals surface area contributed by atoms with Crippen LogP contribution in [-0.2, 0) is 0 Å². The van der Waals surface area contributed by atoms with Crippen LogP contribution in [0, 0.1) is 12.8 Å². The molecule has 0 bridgehead atoms. The van der Waals surface area contributed by atoms with Crippen molar-refractivity contribution in [3.8, 4) is 0 Å².